The Morgan fingerprint density at radius 3 is 2.57 bits per heavy atom. The first-order valence-electron chi connectivity index (χ1n) is 10.3. The van der Waals surface area contributed by atoms with Gasteiger partial charge in [0.1, 0.15) is 16.5 Å². The Kier molecular flexibility index (Phi) is 4.86. The van der Waals surface area contributed by atoms with E-state index in [9.17, 15) is 0 Å². The summed E-state index contributed by atoms with van der Waals surface area (Å²) in [6.07, 6.45) is 1.96. The summed E-state index contributed by atoms with van der Waals surface area (Å²) < 4.78 is 6.01. The van der Waals surface area contributed by atoms with Crippen LogP contribution >= 0.6 is 22.7 Å². The van der Waals surface area contributed by atoms with Gasteiger partial charge in [0.25, 0.3) is 0 Å². The SMILES string of the molecule is Cc1nc(N2CCC(c3nnc(C(C)(C)C)o3)CC2)c2c(-c3cccs3)csc2n1. The van der Waals surface area contributed by atoms with Crippen molar-refractivity contribution in [3.8, 4) is 10.4 Å². The van der Waals surface area contributed by atoms with Gasteiger partial charge in [0.15, 0.2) is 0 Å². The highest BCUT2D eigenvalue weighted by Crippen LogP contribution is 2.41. The van der Waals surface area contributed by atoms with Crippen LogP contribution in [0.15, 0.2) is 27.3 Å². The molecule has 1 saturated heterocycles. The van der Waals surface area contributed by atoms with Crippen LogP contribution in [-0.4, -0.2) is 33.3 Å². The first kappa shape index (κ1) is 19.6. The second kappa shape index (κ2) is 7.42. The molecule has 156 valence electrons. The second-order valence-corrected chi connectivity index (χ2v) is 10.7. The zero-order valence-electron chi connectivity index (χ0n) is 17.7. The molecule has 1 aliphatic rings. The van der Waals surface area contributed by atoms with E-state index in [1.165, 1.54) is 15.8 Å². The Labute approximate surface area is 184 Å². The molecule has 0 bridgehead atoms. The predicted octanol–water partition coefficient (Wildman–Crippen LogP) is 5.79. The number of thiophene rings is 2. The lowest BCUT2D eigenvalue weighted by Gasteiger charge is -2.32. The van der Waals surface area contributed by atoms with Crippen LogP contribution in [0.4, 0.5) is 5.82 Å². The minimum absolute atomic E-state index is 0.118. The maximum absolute atomic E-state index is 6.01. The molecule has 4 aromatic heterocycles. The van der Waals surface area contributed by atoms with Gasteiger partial charge in [-0.2, -0.15) is 0 Å². The van der Waals surface area contributed by atoms with Crippen molar-refractivity contribution in [2.24, 2.45) is 0 Å². The van der Waals surface area contributed by atoms with E-state index in [4.69, 9.17) is 14.4 Å². The Morgan fingerprint density at radius 1 is 1.10 bits per heavy atom. The van der Waals surface area contributed by atoms with Gasteiger partial charge in [-0.3, -0.25) is 0 Å². The Bertz CT molecular complexity index is 1160. The predicted molar refractivity (Wildman–Crippen MR) is 123 cm³/mol. The van der Waals surface area contributed by atoms with Crippen molar-refractivity contribution in [2.75, 3.05) is 18.0 Å². The molecule has 1 fully saturated rings. The monoisotopic (exact) mass is 439 g/mol. The molecule has 0 amide bonds. The summed E-state index contributed by atoms with van der Waals surface area (Å²) in [5, 5.41) is 14.1. The average Bonchev–Trinajstić information content (AvgIpc) is 3.46. The van der Waals surface area contributed by atoms with Crippen molar-refractivity contribution >= 4 is 38.7 Å². The average molecular weight is 440 g/mol. The third-order valence-electron chi connectivity index (χ3n) is 5.54. The molecule has 0 saturated carbocycles. The first-order chi connectivity index (χ1) is 14.4. The summed E-state index contributed by atoms with van der Waals surface area (Å²) in [5.74, 6) is 3.68. The van der Waals surface area contributed by atoms with E-state index in [-0.39, 0.29) is 5.41 Å². The summed E-state index contributed by atoms with van der Waals surface area (Å²) >= 11 is 3.46. The van der Waals surface area contributed by atoms with Crippen LogP contribution in [0.3, 0.4) is 0 Å². The summed E-state index contributed by atoms with van der Waals surface area (Å²) in [7, 11) is 0. The van der Waals surface area contributed by atoms with Crippen LogP contribution in [-0.2, 0) is 5.41 Å². The lowest BCUT2D eigenvalue weighted by atomic mass is 9.96. The zero-order chi connectivity index (χ0) is 20.9. The Morgan fingerprint density at radius 2 is 1.90 bits per heavy atom. The highest BCUT2D eigenvalue weighted by Gasteiger charge is 2.29. The molecule has 8 heteroatoms. The van der Waals surface area contributed by atoms with Crippen LogP contribution in [0.2, 0.25) is 0 Å². The second-order valence-electron chi connectivity index (χ2n) is 8.86. The van der Waals surface area contributed by atoms with Crippen molar-refractivity contribution in [1.82, 2.24) is 20.2 Å². The molecule has 30 heavy (non-hydrogen) atoms. The van der Waals surface area contributed by atoms with Gasteiger partial charge in [-0.25, -0.2) is 9.97 Å². The Balaban J connectivity index is 1.42. The van der Waals surface area contributed by atoms with Crippen molar-refractivity contribution < 1.29 is 4.42 Å². The van der Waals surface area contributed by atoms with Gasteiger partial charge in [-0.1, -0.05) is 26.8 Å². The van der Waals surface area contributed by atoms with Gasteiger partial charge in [0.05, 0.1) is 5.39 Å². The summed E-state index contributed by atoms with van der Waals surface area (Å²) in [6.45, 7) is 10.1. The number of fused-ring (bicyclic) bond motifs is 1. The van der Waals surface area contributed by atoms with Gasteiger partial charge in [0, 0.05) is 40.2 Å². The molecule has 5 rings (SSSR count). The minimum atomic E-state index is -0.118. The van der Waals surface area contributed by atoms with E-state index >= 15 is 0 Å². The van der Waals surface area contributed by atoms with Gasteiger partial charge in [-0.15, -0.1) is 32.9 Å². The van der Waals surface area contributed by atoms with Gasteiger partial charge < -0.3 is 9.32 Å². The molecule has 0 spiro atoms. The van der Waals surface area contributed by atoms with Crippen LogP contribution in [0.25, 0.3) is 20.7 Å². The standard InChI is InChI=1S/C22H25N5OS2/c1-13-23-18(17-15(12-30-20(17)24-13)16-6-5-11-29-16)27-9-7-14(8-10-27)19-25-26-21(28-19)22(2,3)4/h5-6,11-12,14H,7-10H2,1-4H3. The van der Waals surface area contributed by atoms with E-state index in [1.807, 2.05) is 6.92 Å². The molecule has 0 N–H and O–H groups in total. The molecule has 0 unspecified atom stereocenters. The third-order valence-corrected chi connectivity index (χ3v) is 7.31. The number of nitrogens with zero attached hydrogens (tertiary/aromatic N) is 5. The van der Waals surface area contributed by atoms with E-state index in [1.54, 1.807) is 22.7 Å². The summed E-state index contributed by atoms with van der Waals surface area (Å²) in [5.41, 5.74) is 1.13. The number of hydrogen-bond donors (Lipinski definition) is 0. The number of anilines is 1. The zero-order valence-corrected chi connectivity index (χ0v) is 19.3. The summed E-state index contributed by atoms with van der Waals surface area (Å²) in [4.78, 5) is 14.3. The van der Waals surface area contributed by atoms with E-state index in [0.717, 1.165) is 48.3 Å². The molecular formula is C22H25N5OS2. The lowest BCUT2D eigenvalue weighted by Crippen LogP contribution is -2.34. The fraction of sp³-hybridized carbons (Fsp3) is 0.455. The number of aryl methyl sites for hydroxylation is 1. The maximum Gasteiger partial charge on any atom is 0.221 e. The van der Waals surface area contributed by atoms with Crippen LogP contribution in [0.5, 0.6) is 0 Å². The topological polar surface area (TPSA) is 67.9 Å². The number of hydrogen-bond acceptors (Lipinski definition) is 8. The van der Waals surface area contributed by atoms with Crippen molar-refractivity contribution in [3.05, 3.63) is 40.5 Å². The smallest absolute Gasteiger partial charge is 0.221 e. The fourth-order valence-electron chi connectivity index (χ4n) is 3.91. The van der Waals surface area contributed by atoms with E-state index in [2.05, 4.69) is 58.8 Å². The molecule has 0 radical (unpaired) electrons. The van der Waals surface area contributed by atoms with Crippen LogP contribution in [0.1, 0.15) is 57.1 Å². The van der Waals surface area contributed by atoms with Crippen molar-refractivity contribution in [1.29, 1.82) is 0 Å². The quantitative estimate of drug-likeness (QED) is 0.402. The van der Waals surface area contributed by atoms with Gasteiger partial charge >= 0.3 is 0 Å². The largest absolute Gasteiger partial charge is 0.424 e. The molecular weight excluding hydrogens is 414 g/mol. The first-order valence-corrected chi connectivity index (χ1v) is 12.0. The van der Waals surface area contributed by atoms with E-state index < -0.39 is 0 Å². The van der Waals surface area contributed by atoms with Crippen molar-refractivity contribution in [2.45, 2.75) is 51.9 Å². The Hall–Kier alpha value is -2.32. The third kappa shape index (κ3) is 3.52. The van der Waals surface area contributed by atoms with Gasteiger partial charge in [-0.05, 0) is 31.2 Å². The molecule has 1 aliphatic heterocycles. The molecule has 5 heterocycles. The molecule has 4 aromatic rings. The highest BCUT2D eigenvalue weighted by molar-refractivity contribution is 7.18. The minimum Gasteiger partial charge on any atom is -0.424 e. The fourth-order valence-corrected chi connectivity index (χ4v) is 5.71. The molecule has 0 atom stereocenters. The number of piperidine rings is 1. The normalized spacial score (nSPS) is 15.9. The lowest BCUT2D eigenvalue weighted by molar-refractivity contribution is 0.337. The number of aromatic nitrogens is 4. The maximum atomic E-state index is 6.01. The van der Waals surface area contributed by atoms with E-state index in [0.29, 0.717) is 11.8 Å². The molecule has 0 aromatic carbocycles. The van der Waals surface area contributed by atoms with Crippen LogP contribution < -0.4 is 4.90 Å². The van der Waals surface area contributed by atoms with Crippen molar-refractivity contribution in [3.63, 3.8) is 0 Å². The highest BCUT2D eigenvalue weighted by atomic mass is 32.1. The van der Waals surface area contributed by atoms with Crippen LogP contribution in [0, 0.1) is 6.92 Å². The number of rotatable bonds is 3. The molecule has 0 aliphatic carbocycles. The van der Waals surface area contributed by atoms with Gasteiger partial charge in [0.2, 0.25) is 11.8 Å². The molecule has 6 nitrogen and oxygen atoms in total. The summed E-state index contributed by atoms with van der Waals surface area (Å²) in [6, 6.07) is 4.27.